The molecule has 5 nitrogen and oxygen atoms in total. The molecule has 2 rings (SSSR count). The first-order valence-corrected chi connectivity index (χ1v) is 7.32. The number of piperidine rings is 1. The molecule has 0 N–H and O–H groups in total. The van der Waals surface area contributed by atoms with E-state index in [1.165, 1.54) is 0 Å². The fourth-order valence-corrected chi connectivity index (χ4v) is 2.52. The van der Waals surface area contributed by atoms with Crippen molar-refractivity contribution in [3.63, 3.8) is 0 Å². The second-order valence-corrected chi connectivity index (χ2v) is 5.14. The molecule has 0 radical (unpaired) electrons. The van der Waals surface area contributed by atoms with E-state index in [0.717, 1.165) is 37.9 Å². The Kier molecular flexibility index (Phi) is 5.42. The lowest BCUT2D eigenvalue weighted by Gasteiger charge is -2.26. The quantitative estimate of drug-likeness (QED) is 0.633. The molecule has 0 saturated carbocycles. The maximum atomic E-state index is 12.4. The first-order valence-electron chi connectivity index (χ1n) is 7.32. The number of likely N-dealkylation sites (tertiary alicyclic amines) is 1. The lowest BCUT2D eigenvalue weighted by molar-refractivity contribution is -0.127. The van der Waals surface area contributed by atoms with Crippen molar-refractivity contribution >= 4 is 12.0 Å². The van der Waals surface area contributed by atoms with Gasteiger partial charge in [-0.05, 0) is 43.0 Å². The van der Waals surface area contributed by atoms with Crippen LogP contribution in [0.15, 0.2) is 23.8 Å². The molecule has 1 heterocycles. The summed E-state index contributed by atoms with van der Waals surface area (Å²) in [5, 5.41) is 9.29. The molecule has 5 heteroatoms. The minimum absolute atomic E-state index is 0.147. The summed E-state index contributed by atoms with van der Waals surface area (Å²) in [7, 11) is 3.11. The van der Waals surface area contributed by atoms with Crippen molar-refractivity contribution in [3.8, 4) is 17.6 Å². The van der Waals surface area contributed by atoms with Gasteiger partial charge in [-0.25, -0.2) is 0 Å². The molecule has 0 atom stereocenters. The van der Waals surface area contributed by atoms with Crippen LogP contribution in [0.1, 0.15) is 24.8 Å². The van der Waals surface area contributed by atoms with E-state index in [2.05, 4.69) is 0 Å². The molecule has 1 aromatic carbocycles. The third-order valence-corrected chi connectivity index (χ3v) is 3.71. The highest BCUT2D eigenvalue weighted by Crippen LogP contribution is 2.28. The lowest BCUT2D eigenvalue weighted by Crippen LogP contribution is -2.36. The summed E-state index contributed by atoms with van der Waals surface area (Å²) in [5.74, 6) is 0.983. The van der Waals surface area contributed by atoms with E-state index in [1.54, 1.807) is 43.4 Å². The van der Waals surface area contributed by atoms with E-state index in [9.17, 15) is 10.1 Å². The van der Waals surface area contributed by atoms with Gasteiger partial charge in [-0.15, -0.1) is 0 Å². The van der Waals surface area contributed by atoms with Gasteiger partial charge < -0.3 is 14.4 Å². The average molecular weight is 300 g/mol. The van der Waals surface area contributed by atoms with Crippen LogP contribution in [0.2, 0.25) is 0 Å². The van der Waals surface area contributed by atoms with Crippen LogP contribution in [-0.2, 0) is 4.79 Å². The minimum atomic E-state index is -0.197. The van der Waals surface area contributed by atoms with E-state index in [1.807, 2.05) is 6.07 Å². The third-order valence-electron chi connectivity index (χ3n) is 3.71. The number of rotatable bonds is 4. The van der Waals surface area contributed by atoms with Crippen molar-refractivity contribution in [2.45, 2.75) is 19.3 Å². The van der Waals surface area contributed by atoms with Crippen LogP contribution in [-0.4, -0.2) is 38.1 Å². The van der Waals surface area contributed by atoms with Crippen molar-refractivity contribution in [1.29, 1.82) is 5.26 Å². The number of methoxy groups -OCH3 is 2. The van der Waals surface area contributed by atoms with Gasteiger partial charge in [0.05, 0.1) is 14.2 Å². The highest BCUT2D eigenvalue weighted by atomic mass is 16.5. The van der Waals surface area contributed by atoms with Crippen LogP contribution in [0, 0.1) is 11.3 Å². The first-order chi connectivity index (χ1) is 10.7. The smallest absolute Gasteiger partial charge is 0.264 e. The van der Waals surface area contributed by atoms with E-state index < -0.39 is 0 Å². The van der Waals surface area contributed by atoms with Gasteiger partial charge in [-0.1, -0.05) is 6.07 Å². The summed E-state index contributed by atoms with van der Waals surface area (Å²) in [6.07, 6.45) is 4.74. The van der Waals surface area contributed by atoms with E-state index in [-0.39, 0.29) is 11.5 Å². The number of nitriles is 1. The van der Waals surface area contributed by atoms with E-state index in [0.29, 0.717) is 11.5 Å². The minimum Gasteiger partial charge on any atom is -0.493 e. The van der Waals surface area contributed by atoms with Crippen LogP contribution in [0.5, 0.6) is 11.5 Å². The van der Waals surface area contributed by atoms with Gasteiger partial charge in [0.2, 0.25) is 0 Å². The Bertz CT molecular complexity index is 611. The van der Waals surface area contributed by atoms with Gasteiger partial charge in [-0.3, -0.25) is 4.79 Å². The zero-order valence-electron chi connectivity index (χ0n) is 13.0. The molecule has 1 amide bonds. The Labute approximate surface area is 130 Å². The highest BCUT2D eigenvalue weighted by Gasteiger charge is 2.20. The SMILES string of the molecule is COc1ccc(/C=C(\C#N)C(=O)N2CCCCC2)cc1OC. The maximum absolute atomic E-state index is 12.4. The number of hydrogen-bond donors (Lipinski definition) is 0. The molecule has 1 aliphatic heterocycles. The average Bonchev–Trinajstić information content (AvgIpc) is 2.59. The van der Waals surface area contributed by atoms with Crippen molar-refractivity contribution in [3.05, 3.63) is 29.3 Å². The van der Waals surface area contributed by atoms with E-state index >= 15 is 0 Å². The molecular formula is C17H20N2O3. The van der Waals surface area contributed by atoms with Gasteiger partial charge >= 0.3 is 0 Å². The predicted octanol–water partition coefficient (Wildman–Crippen LogP) is 2.62. The Balaban J connectivity index is 2.24. The van der Waals surface area contributed by atoms with Gasteiger partial charge in [0.25, 0.3) is 5.91 Å². The van der Waals surface area contributed by atoms with Gasteiger partial charge in [-0.2, -0.15) is 5.26 Å². The Morgan fingerprint density at radius 3 is 2.45 bits per heavy atom. The molecule has 1 aliphatic rings. The molecule has 0 aliphatic carbocycles. The molecule has 116 valence electrons. The number of benzene rings is 1. The van der Waals surface area contributed by atoms with Crippen molar-refractivity contribution in [2.75, 3.05) is 27.3 Å². The first kappa shape index (κ1) is 15.9. The zero-order chi connectivity index (χ0) is 15.9. The van der Waals surface area contributed by atoms with Gasteiger partial charge in [0, 0.05) is 13.1 Å². The summed E-state index contributed by atoms with van der Waals surface area (Å²) < 4.78 is 10.4. The summed E-state index contributed by atoms with van der Waals surface area (Å²) in [6, 6.07) is 7.31. The zero-order valence-corrected chi connectivity index (χ0v) is 13.0. The Hall–Kier alpha value is -2.48. The van der Waals surface area contributed by atoms with Gasteiger partial charge in [0.1, 0.15) is 11.6 Å². The second kappa shape index (κ2) is 7.51. The van der Waals surface area contributed by atoms with Crippen LogP contribution in [0.25, 0.3) is 6.08 Å². The fourth-order valence-electron chi connectivity index (χ4n) is 2.52. The number of carbonyl (C=O) groups excluding carboxylic acids is 1. The molecule has 1 aromatic rings. The molecule has 0 spiro atoms. The van der Waals surface area contributed by atoms with Crippen molar-refractivity contribution in [2.24, 2.45) is 0 Å². The number of carbonyl (C=O) groups is 1. The molecule has 0 unspecified atom stereocenters. The van der Waals surface area contributed by atoms with Crippen molar-refractivity contribution in [1.82, 2.24) is 4.90 Å². The summed E-state index contributed by atoms with van der Waals surface area (Å²) in [5.41, 5.74) is 0.883. The summed E-state index contributed by atoms with van der Waals surface area (Å²) in [6.45, 7) is 1.45. The Morgan fingerprint density at radius 2 is 1.86 bits per heavy atom. The summed E-state index contributed by atoms with van der Waals surface area (Å²) in [4.78, 5) is 14.1. The molecule has 22 heavy (non-hydrogen) atoms. The highest BCUT2D eigenvalue weighted by molar-refractivity contribution is 6.01. The van der Waals surface area contributed by atoms with Crippen LogP contribution in [0.3, 0.4) is 0 Å². The van der Waals surface area contributed by atoms with Crippen LogP contribution in [0.4, 0.5) is 0 Å². The number of amides is 1. The van der Waals surface area contributed by atoms with Crippen molar-refractivity contribution < 1.29 is 14.3 Å². The van der Waals surface area contributed by atoms with Crippen LogP contribution < -0.4 is 9.47 Å². The lowest BCUT2D eigenvalue weighted by atomic mass is 10.1. The molecule has 1 fully saturated rings. The third kappa shape index (κ3) is 3.59. The molecular weight excluding hydrogens is 280 g/mol. The number of nitrogens with zero attached hydrogens (tertiary/aromatic N) is 2. The second-order valence-electron chi connectivity index (χ2n) is 5.14. The largest absolute Gasteiger partial charge is 0.493 e. The standard InChI is InChI=1S/C17H20N2O3/c1-21-15-7-6-13(11-16(15)22-2)10-14(12-18)17(20)19-8-4-3-5-9-19/h6-7,10-11H,3-5,8-9H2,1-2H3/b14-10+. The maximum Gasteiger partial charge on any atom is 0.264 e. The van der Waals surface area contributed by atoms with Crippen LogP contribution >= 0.6 is 0 Å². The molecule has 0 aromatic heterocycles. The number of ether oxygens (including phenoxy) is 2. The topological polar surface area (TPSA) is 62.6 Å². The van der Waals surface area contributed by atoms with E-state index in [4.69, 9.17) is 9.47 Å². The predicted molar refractivity (Wildman–Crippen MR) is 83.6 cm³/mol. The van der Waals surface area contributed by atoms with Gasteiger partial charge in [0.15, 0.2) is 11.5 Å². The molecule has 0 bridgehead atoms. The summed E-state index contributed by atoms with van der Waals surface area (Å²) >= 11 is 0. The Morgan fingerprint density at radius 1 is 1.18 bits per heavy atom. The fraction of sp³-hybridized carbons (Fsp3) is 0.412. The normalized spacial score (nSPS) is 15.1. The monoisotopic (exact) mass is 300 g/mol. The molecule has 1 saturated heterocycles. The number of hydrogen-bond acceptors (Lipinski definition) is 4.